The summed E-state index contributed by atoms with van der Waals surface area (Å²) in [5, 5.41) is 0.671. The highest BCUT2D eigenvalue weighted by Crippen LogP contribution is 2.31. The topological polar surface area (TPSA) is 61.2 Å². The summed E-state index contributed by atoms with van der Waals surface area (Å²) in [5.41, 5.74) is 3.74. The number of fused-ring (bicyclic) bond motifs is 1. The molecule has 0 saturated heterocycles. The molecular weight excluding hydrogens is 380 g/mol. The maximum absolute atomic E-state index is 13.4. The molecule has 3 aromatic rings. The van der Waals surface area contributed by atoms with Crippen LogP contribution in [0.4, 0.5) is 0 Å². The van der Waals surface area contributed by atoms with Gasteiger partial charge in [0.2, 0.25) is 0 Å². The van der Waals surface area contributed by atoms with Gasteiger partial charge in [-0.05, 0) is 51.8 Å². The van der Waals surface area contributed by atoms with Crippen LogP contribution in [-0.4, -0.2) is 27.9 Å². The molecule has 0 bridgehead atoms. The van der Waals surface area contributed by atoms with E-state index < -0.39 is 5.25 Å². The van der Waals surface area contributed by atoms with Crippen molar-refractivity contribution in [1.29, 1.82) is 0 Å². The molecule has 0 saturated carbocycles. The molecule has 5 nitrogen and oxygen atoms in total. The van der Waals surface area contributed by atoms with Crippen LogP contribution in [0, 0.1) is 27.7 Å². The number of esters is 1. The standard InChI is InChI=1S/C20H22N2O3S2/c1-10-7-8-15(11(2)9-10)22-18(23)16-12(3)13(4)26-17(16)21-20(22)27-14(5)19(24)25-6/h7-9,14H,1-6H3/t14-/m0/s1. The first-order chi connectivity index (χ1) is 12.7. The minimum absolute atomic E-state index is 0.103. The summed E-state index contributed by atoms with van der Waals surface area (Å²) in [6.45, 7) is 9.69. The zero-order valence-electron chi connectivity index (χ0n) is 16.2. The molecular formula is C20H22N2O3S2. The highest BCUT2D eigenvalue weighted by Gasteiger charge is 2.23. The predicted molar refractivity (Wildman–Crippen MR) is 112 cm³/mol. The third-order valence-electron chi connectivity index (χ3n) is 4.58. The number of aryl methyl sites for hydroxylation is 4. The molecule has 0 aliphatic carbocycles. The third-order valence-corrected chi connectivity index (χ3v) is 6.71. The van der Waals surface area contributed by atoms with Crippen LogP contribution in [0.25, 0.3) is 15.9 Å². The molecule has 1 aromatic carbocycles. The minimum atomic E-state index is -0.474. The van der Waals surface area contributed by atoms with E-state index >= 15 is 0 Å². The molecule has 0 radical (unpaired) electrons. The second kappa shape index (κ2) is 7.48. The van der Waals surface area contributed by atoms with E-state index in [1.165, 1.54) is 30.2 Å². The first-order valence-corrected chi connectivity index (χ1v) is 10.3. The Morgan fingerprint density at radius 1 is 1.26 bits per heavy atom. The van der Waals surface area contributed by atoms with Crippen LogP contribution < -0.4 is 5.56 Å². The lowest BCUT2D eigenvalue weighted by Crippen LogP contribution is -2.24. The third kappa shape index (κ3) is 3.53. The maximum Gasteiger partial charge on any atom is 0.318 e. The van der Waals surface area contributed by atoms with Crippen molar-refractivity contribution in [2.75, 3.05) is 7.11 Å². The molecule has 1 atom stereocenters. The molecule has 142 valence electrons. The van der Waals surface area contributed by atoms with Crippen molar-refractivity contribution in [3.63, 3.8) is 0 Å². The van der Waals surface area contributed by atoms with Gasteiger partial charge in [0.25, 0.3) is 5.56 Å². The van der Waals surface area contributed by atoms with Gasteiger partial charge in [-0.2, -0.15) is 0 Å². The molecule has 27 heavy (non-hydrogen) atoms. The van der Waals surface area contributed by atoms with E-state index in [2.05, 4.69) is 0 Å². The second-order valence-electron chi connectivity index (χ2n) is 6.57. The summed E-state index contributed by atoms with van der Waals surface area (Å²) in [7, 11) is 1.36. The van der Waals surface area contributed by atoms with Crippen LogP contribution in [-0.2, 0) is 9.53 Å². The number of benzene rings is 1. The Balaban J connectivity index is 2.32. The molecule has 0 spiro atoms. The SMILES string of the molecule is COC(=O)[C@H](C)Sc1nc2sc(C)c(C)c2c(=O)n1-c1ccc(C)cc1C. The van der Waals surface area contributed by atoms with E-state index in [0.29, 0.717) is 15.4 Å². The fourth-order valence-electron chi connectivity index (χ4n) is 3.00. The largest absolute Gasteiger partial charge is 0.468 e. The van der Waals surface area contributed by atoms with E-state index in [9.17, 15) is 9.59 Å². The number of nitrogens with zero attached hydrogens (tertiary/aromatic N) is 2. The molecule has 2 aromatic heterocycles. The molecule has 0 fully saturated rings. The lowest BCUT2D eigenvalue weighted by atomic mass is 10.1. The van der Waals surface area contributed by atoms with Crippen molar-refractivity contribution in [1.82, 2.24) is 9.55 Å². The smallest absolute Gasteiger partial charge is 0.318 e. The number of hydrogen-bond donors (Lipinski definition) is 0. The van der Waals surface area contributed by atoms with E-state index in [-0.39, 0.29) is 11.5 Å². The first-order valence-electron chi connectivity index (χ1n) is 8.59. The highest BCUT2D eigenvalue weighted by atomic mass is 32.2. The van der Waals surface area contributed by atoms with Crippen LogP contribution in [0.1, 0.15) is 28.5 Å². The normalized spacial score (nSPS) is 12.4. The number of carbonyl (C=O) groups is 1. The molecule has 0 unspecified atom stereocenters. The van der Waals surface area contributed by atoms with Crippen LogP contribution in [0.5, 0.6) is 0 Å². The average Bonchev–Trinajstić information content (AvgIpc) is 2.90. The number of thiophene rings is 1. The number of hydrogen-bond acceptors (Lipinski definition) is 6. The van der Waals surface area contributed by atoms with Crippen molar-refractivity contribution >= 4 is 39.3 Å². The van der Waals surface area contributed by atoms with E-state index in [1.807, 2.05) is 45.9 Å². The summed E-state index contributed by atoms with van der Waals surface area (Å²) < 4.78 is 6.46. The van der Waals surface area contributed by atoms with Crippen molar-refractivity contribution in [3.8, 4) is 5.69 Å². The van der Waals surface area contributed by atoms with Crippen molar-refractivity contribution < 1.29 is 9.53 Å². The molecule has 0 amide bonds. The van der Waals surface area contributed by atoms with Crippen LogP contribution in [0.3, 0.4) is 0 Å². The van der Waals surface area contributed by atoms with E-state index in [4.69, 9.17) is 9.72 Å². The van der Waals surface area contributed by atoms with Gasteiger partial charge < -0.3 is 4.74 Å². The maximum atomic E-state index is 13.4. The summed E-state index contributed by atoms with van der Waals surface area (Å²) in [4.78, 5) is 31.9. The van der Waals surface area contributed by atoms with Gasteiger partial charge in [-0.25, -0.2) is 4.98 Å². The fraction of sp³-hybridized carbons (Fsp3) is 0.350. The van der Waals surface area contributed by atoms with Gasteiger partial charge in [0, 0.05) is 4.88 Å². The van der Waals surface area contributed by atoms with Gasteiger partial charge in [-0.1, -0.05) is 29.5 Å². The minimum Gasteiger partial charge on any atom is -0.468 e. The number of carbonyl (C=O) groups excluding carboxylic acids is 1. The van der Waals surface area contributed by atoms with Crippen LogP contribution >= 0.6 is 23.1 Å². The Bertz CT molecular complexity index is 1100. The van der Waals surface area contributed by atoms with Crippen LogP contribution in [0.15, 0.2) is 28.2 Å². The quantitative estimate of drug-likeness (QED) is 0.369. The Morgan fingerprint density at radius 2 is 1.96 bits per heavy atom. The average molecular weight is 403 g/mol. The van der Waals surface area contributed by atoms with Gasteiger partial charge in [-0.15, -0.1) is 11.3 Å². The first kappa shape index (κ1) is 19.6. The molecule has 0 N–H and O–H groups in total. The summed E-state index contributed by atoms with van der Waals surface area (Å²) in [6.07, 6.45) is 0. The van der Waals surface area contributed by atoms with Gasteiger partial charge in [-0.3, -0.25) is 14.2 Å². The molecule has 0 aliphatic heterocycles. The number of ether oxygens (including phenoxy) is 1. The van der Waals surface area contributed by atoms with Gasteiger partial charge >= 0.3 is 5.97 Å². The summed E-state index contributed by atoms with van der Waals surface area (Å²) in [5.74, 6) is -0.347. The Labute approximate surface area is 166 Å². The number of methoxy groups -OCH3 is 1. The number of rotatable bonds is 4. The summed E-state index contributed by atoms with van der Waals surface area (Å²) in [6, 6.07) is 5.94. The lowest BCUT2D eigenvalue weighted by Gasteiger charge is -2.16. The van der Waals surface area contributed by atoms with Gasteiger partial charge in [0.15, 0.2) is 5.16 Å². The van der Waals surface area contributed by atoms with Crippen molar-refractivity contribution in [2.45, 2.75) is 45.0 Å². The monoisotopic (exact) mass is 402 g/mol. The number of thioether (sulfide) groups is 1. The molecule has 2 heterocycles. The fourth-order valence-corrected chi connectivity index (χ4v) is 5.01. The van der Waals surface area contributed by atoms with E-state index in [0.717, 1.165) is 27.3 Å². The molecule has 0 aliphatic rings. The van der Waals surface area contributed by atoms with Crippen molar-refractivity contribution in [2.24, 2.45) is 0 Å². The summed E-state index contributed by atoms with van der Waals surface area (Å²) >= 11 is 2.74. The van der Waals surface area contributed by atoms with Gasteiger partial charge in [0.1, 0.15) is 10.1 Å². The second-order valence-corrected chi connectivity index (χ2v) is 9.08. The van der Waals surface area contributed by atoms with Crippen molar-refractivity contribution in [3.05, 3.63) is 50.1 Å². The molecule has 3 rings (SSSR count). The predicted octanol–water partition coefficient (Wildman–Crippen LogP) is 4.33. The Kier molecular flexibility index (Phi) is 5.44. The lowest BCUT2D eigenvalue weighted by molar-refractivity contribution is -0.139. The Hall–Kier alpha value is -2.12. The number of aromatic nitrogens is 2. The Morgan fingerprint density at radius 3 is 2.59 bits per heavy atom. The zero-order chi connectivity index (χ0) is 19.9. The molecule has 7 heteroatoms. The zero-order valence-corrected chi connectivity index (χ0v) is 17.9. The highest BCUT2D eigenvalue weighted by molar-refractivity contribution is 8.00. The van der Waals surface area contributed by atoms with Gasteiger partial charge in [0.05, 0.1) is 18.2 Å². The van der Waals surface area contributed by atoms with Crippen LogP contribution in [0.2, 0.25) is 0 Å². The van der Waals surface area contributed by atoms with E-state index in [1.54, 1.807) is 11.5 Å².